The topological polar surface area (TPSA) is 26.3 Å². The lowest BCUT2D eigenvalue weighted by Crippen LogP contribution is -2.42. The lowest BCUT2D eigenvalue weighted by Gasteiger charge is -2.38. The highest BCUT2D eigenvalue weighted by atomic mass is 16.6. The van der Waals surface area contributed by atoms with Gasteiger partial charge in [0, 0.05) is 0 Å². The Morgan fingerprint density at radius 2 is 1.90 bits per heavy atom. The van der Waals surface area contributed by atoms with Crippen LogP contribution in [0.4, 0.5) is 0 Å². The first-order valence-electron chi connectivity index (χ1n) is 9.01. The Hall–Kier alpha value is -0.790. The zero-order valence-electron chi connectivity index (χ0n) is 13.0. The van der Waals surface area contributed by atoms with Gasteiger partial charge in [-0.15, -0.1) is 0 Å². The van der Waals surface area contributed by atoms with Gasteiger partial charge >= 0.3 is 5.97 Å². The van der Waals surface area contributed by atoms with Crippen molar-refractivity contribution in [1.29, 1.82) is 0 Å². The van der Waals surface area contributed by atoms with Crippen molar-refractivity contribution in [1.82, 2.24) is 0 Å². The molecule has 0 saturated heterocycles. The molecule has 6 aliphatic carbocycles. The number of allylic oxidation sites excluding steroid dienone is 2. The van der Waals surface area contributed by atoms with E-state index in [-0.39, 0.29) is 17.0 Å². The van der Waals surface area contributed by atoms with Gasteiger partial charge in [0.05, 0.1) is 5.41 Å². The van der Waals surface area contributed by atoms with Gasteiger partial charge in [0.2, 0.25) is 0 Å². The quantitative estimate of drug-likeness (QED) is 0.564. The second kappa shape index (κ2) is 3.94. The number of esters is 1. The van der Waals surface area contributed by atoms with Gasteiger partial charge in [-0.2, -0.15) is 0 Å². The molecule has 5 atom stereocenters. The van der Waals surface area contributed by atoms with Crippen LogP contribution >= 0.6 is 0 Å². The minimum atomic E-state index is -0.233. The van der Waals surface area contributed by atoms with Crippen LogP contribution in [-0.4, -0.2) is 11.6 Å². The van der Waals surface area contributed by atoms with E-state index < -0.39 is 0 Å². The van der Waals surface area contributed by atoms with E-state index in [1.165, 1.54) is 38.5 Å². The number of carbonyl (C=O) groups is 1. The van der Waals surface area contributed by atoms with Crippen LogP contribution in [0.5, 0.6) is 0 Å². The van der Waals surface area contributed by atoms with Crippen molar-refractivity contribution in [3.63, 3.8) is 0 Å². The second-order valence-electron chi connectivity index (χ2n) is 8.83. The first kappa shape index (κ1) is 12.7. The van der Waals surface area contributed by atoms with Crippen molar-refractivity contribution in [3.8, 4) is 0 Å². The van der Waals surface area contributed by atoms with Gasteiger partial charge in [-0.25, -0.2) is 0 Å². The SMILES string of the molecule is CC1(C(=O)OC23CCCCC4C(C2)C4C3)CC2C=CC1C2. The fraction of sp³-hybridized carbons (Fsp3) is 0.842. The molecule has 114 valence electrons. The second-order valence-corrected chi connectivity index (χ2v) is 8.83. The summed E-state index contributed by atoms with van der Waals surface area (Å²) < 4.78 is 6.29. The van der Waals surface area contributed by atoms with Crippen molar-refractivity contribution in [2.45, 2.75) is 63.9 Å². The molecule has 5 saturated carbocycles. The maximum atomic E-state index is 13.0. The van der Waals surface area contributed by atoms with E-state index >= 15 is 0 Å². The van der Waals surface area contributed by atoms with E-state index in [1.807, 2.05) is 0 Å². The van der Waals surface area contributed by atoms with Gasteiger partial charge in [-0.3, -0.25) is 4.79 Å². The van der Waals surface area contributed by atoms with Crippen LogP contribution in [-0.2, 0) is 9.53 Å². The molecule has 0 amide bonds. The summed E-state index contributed by atoms with van der Waals surface area (Å²) in [5.74, 6) is 3.96. The maximum Gasteiger partial charge on any atom is 0.312 e. The highest BCUT2D eigenvalue weighted by Crippen LogP contribution is 2.66. The minimum absolute atomic E-state index is 0.0715. The molecule has 6 aliphatic rings. The standard InChI is InChI=1S/C19H26O2/c1-18(9-12-5-6-13(18)8-12)17(20)21-19-7-3-2-4-14-15(10-19)16(14)11-19/h5-6,12-16H,2-4,7-11H2,1H3. The molecule has 2 heteroatoms. The van der Waals surface area contributed by atoms with Gasteiger partial charge in [-0.05, 0) is 81.5 Å². The van der Waals surface area contributed by atoms with Crippen LogP contribution in [0.1, 0.15) is 58.3 Å². The number of carbonyl (C=O) groups excluding carboxylic acids is 1. The molecule has 0 aromatic heterocycles. The average molecular weight is 286 g/mol. The number of ether oxygens (including phenoxy) is 1. The molecule has 0 radical (unpaired) electrons. The predicted octanol–water partition coefficient (Wildman–Crippen LogP) is 4.10. The third-order valence-electron chi connectivity index (χ3n) is 7.60. The highest BCUT2D eigenvalue weighted by molar-refractivity contribution is 5.78. The monoisotopic (exact) mass is 286 g/mol. The lowest BCUT2D eigenvalue weighted by molar-refractivity contribution is -0.175. The Morgan fingerprint density at radius 1 is 1.10 bits per heavy atom. The fourth-order valence-corrected chi connectivity index (χ4v) is 6.31. The predicted molar refractivity (Wildman–Crippen MR) is 80.5 cm³/mol. The van der Waals surface area contributed by atoms with Crippen molar-refractivity contribution < 1.29 is 9.53 Å². The van der Waals surface area contributed by atoms with Gasteiger partial charge in [0.1, 0.15) is 5.60 Å². The summed E-state index contributed by atoms with van der Waals surface area (Å²) in [6.45, 7) is 2.15. The first-order valence-corrected chi connectivity index (χ1v) is 9.01. The third-order valence-corrected chi connectivity index (χ3v) is 7.60. The van der Waals surface area contributed by atoms with Crippen LogP contribution in [0, 0.1) is 35.0 Å². The van der Waals surface area contributed by atoms with Gasteiger partial charge in [-0.1, -0.05) is 18.6 Å². The molecule has 21 heavy (non-hydrogen) atoms. The summed E-state index contributed by atoms with van der Waals surface area (Å²) in [6, 6.07) is 0. The maximum absolute atomic E-state index is 13.0. The Labute approximate surface area is 127 Å². The summed E-state index contributed by atoms with van der Waals surface area (Å²) >= 11 is 0. The number of hydrogen-bond donors (Lipinski definition) is 0. The van der Waals surface area contributed by atoms with Crippen LogP contribution in [0.3, 0.4) is 0 Å². The molecule has 5 unspecified atom stereocenters. The van der Waals surface area contributed by atoms with E-state index in [0.29, 0.717) is 11.8 Å². The van der Waals surface area contributed by atoms with Crippen molar-refractivity contribution in [2.24, 2.45) is 35.0 Å². The van der Waals surface area contributed by atoms with E-state index in [9.17, 15) is 4.79 Å². The zero-order chi connectivity index (χ0) is 14.2. The van der Waals surface area contributed by atoms with Crippen LogP contribution in [0.25, 0.3) is 0 Å². The molecular formula is C19H26O2. The summed E-state index contributed by atoms with van der Waals surface area (Å²) in [5.41, 5.74) is -0.305. The Balaban J connectivity index is 1.35. The zero-order valence-corrected chi connectivity index (χ0v) is 13.0. The first-order chi connectivity index (χ1) is 10.1. The largest absolute Gasteiger partial charge is 0.459 e. The van der Waals surface area contributed by atoms with Crippen molar-refractivity contribution >= 4 is 5.97 Å². The highest BCUT2D eigenvalue weighted by Gasteiger charge is 2.64. The molecule has 0 aromatic carbocycles. The molecule has 0 aromatic rings. The van der Waals surface area contributed by atoms with E-state index in [0.717, 1.165) is 30.6 Å². The van der Waals surface area contributed by atoms with E-state index in [2.05, 4.69) is 19.1 Å². The Kier molecular flexibility index (Phi) is 2.39. The summed E-state index contributed by atoms with van der Waals surface area (Å²) in [7, 11) is 0. The molecular weight excluding hydrogens is 260 g/mol. The minimum Gasteiger partial charge on any atom is -0.459 e. The summed E-state index contributed by atoms with van der Waals surface area (Å²) in [5, 5.41) is 0. The molecule has 0 spiro atoms. The Bertz CT molecular complexity index is 510. The third kappa shape index (κ3) is 1.68. The molecule has 5 fully saturated rings. The molecule has 0 aliphatic heterocycles. The van der Waals surface area contributed by atoms with Gasteiger partial charge in [0.15, 0.2) is 0 Å². The van der Waals surface area contributed by atoms with E-state index in [1.54, 1.807) is 0 Å². The van der Waals surface area contributed by atoms with Crippen LogP contribution < -0.4 is 0 Å². The Morgan fingerprint density at radius 3 is 2.57 bits per heavy atom. The van der Waals surface area contributed by atoms with Crippen LogP contribution in [0.15, 0.2) is 12.2 Å². The van der Waals surface area contributed by atoms with Crippen molar-refractivity contribution in [3.05, 3.63) is 12.2 Å². The van der Waals surface area contributed by atoms with Crippen molar-refractivity contribution in [2.75, 3.05) is 0 Å². The smallest absolute Gasteiger partial charge is 0.312 e. The molecule has 0 heterocycles. The summed E-state index contributed by atoms with van der Waals surface area (Å²) in [4.78, 5) is 13.0. The van der Waals surface area contributed by atoms with Crippen LogP contribution in [0.2, 0.25) is 0 Å². The molecule has 0 N–H and O–H groups in total. The lowest BCUT2D eigenvalue weighted by atomic mass is 9.77. The number of rotatable bonds is 2. The molecule has 2 nitrogen and oxygen atoms in total. The number of hydrogen-bond acceptors (Lipinski definition) is 2. The van der Waals surface area contributed by atoms with E-state index in [4.69, 9.17) is 4.74 Å². The number of fused-ring (bicyclic) bond motifs is 5. The average Bonchev–Trinajstić information content (AvgIpc) is 2.87. The van der Waals surface area contributed by atoms with Gasteiger partial charge < -0.3 is 4.74 Å². The summed E-state index contributed by atoms with van der Waals surface area (Å²) in [6.07, 6.45) is 14.3. The molecule has 6 rings (SSSR count). The fourth-order valence-electron chi connectivity index (χ4n) is 6.31. The molecule has 6 bridgehead atoms. The van der Waals surface area contributed by atoms with Gasteiger partial charge in [0.25, 0.3) is 0 Å². The normalized spacial score (nSPS) is 56.1.